The minimum atomic E-state index is -4.09. The molecule has 0 saturated carbocycles. The highest BCUT2D eigenvalue weighted by molar-refractivity contribution is 7.89. The number of halogens is 2. The number of β-amino-alcohol motifs (C(OH)–C–C–N with tert-alkyl or cyclic N) is 1. The lowest BCUT2D eigenvalue weighted by atomic mass is 9.96. The van der Waals surface area contributed by atoms with Gasteiger partial charge in [0.1, 0.15) is 5.82 Å². The Morgan fingerprint density at radius 2 is 1.91 bits per heavy atom. The summed E-state index contributed by atoms with van der Waals surface area (Å²) in [4.78, 5) is 11.4. The quantitative estimate of drug-likeness (QED) is 0.354. The topological polar surface area (TPSA) is 107 Å². The summed E-state index contributed by atoms with van der Waals surface area (Å²) in [5, 5.41) is 22.2. The first-order valence-corrected chi connectivity index (χ1v) is 13.2. The van der Waals surface area contributed by atoms with Crippen LogP contribution < -0.4 is 5.32 Å². The molecule has 0 aliphatic rings. The fourth-order valence-electron chi connectivity index (χ4n) is 3.48. The first-order chi connectivity index (χ1) is 15.8. The third-order valence-electron chi connectivity index (χ3n) is 5.40. The second kappa shape index (κ2) is 12.2. The van der Waals surface area contributed by atoms with Crippen LogP contribution >= 0.6 is 11.3 Å². The Hall–Kier alpha value is -1.92. The molecule has 0 aliphatic carbocycles. The number of carboxylic acid groups (broad SMARTS) is 1. The van der Waals surface area contributed by atoms with E-state index in [0.29, 0.717) is 0 Å². The van der Waals surface area contributed by atoms with Crippen molar-refractivity contribution in [3.05, 3.63) is 51.7 Å². The maximum atomic E-state index is 14.0. The molecule has 1 aromatic heterocycles. The van der Waals surface area contributed by atoms with Crippen LogP contribution in [0, 0.1) is 10.9 Å². The molecule has 34 heavy (non-hydrogen) atoms. The molecule has 1 heterocycles. The van der Waals surface area contributed by atoms with Gasteiger partial charge in [-0.15, -0.1) is 11.3 Å². The molecule has 3 N–H and O–H groups in total. The average molecular weight is 519 g/mol. The first-order valence-electron chi connectivity index (χ1n) is 10.9. The molecule has 0 bridgehead atoms. The maximum absolute atomic E-state index is 14.0. The number of thiophene rings is 1. The number of rotatable bonds is 14. The van der Waals surface area contributed by atoms with E-state index in [-0.39, 0.29) is 47.1 Å². The van der Waals surface area contributed by atoms with Gasteiger partial charge in [0.05, 0.1) is 11.0 Å². The fourth-order valence-corrected chi connectivity index (χ4v) is 5.54. The van der Waals surface area contributed by atoms with Crippen LogP contribution in [0.15, 0.2) is 35.2 Å². The molecule has 0 radical (unpaired) electrons. The Morgan fingerprint density at radius 3 is 2.53 bits per heavy atom. The van der Waals surface area contributed by atoms with Crippen molar-refractivity contribution in [2.24, 2.45) is 0 Å². The van der Waals surface area contributed by atoms with Crippen molar-refractivity contribution < 1.29 is 32.2 Å². The number of aliphatic carboxylic acids is 1. The van der Waals surface area contributed by atoms with E-state index in [9.17, 15) is 27.1 Å². The summed E-state index contributed by atoms with van der Waals surface area (Å²) >= 11 is 1.13. The zero-order chi connectivity index (χ0) is 25.5. The van der Waals surface area contributed by atoms with Crippen LogP contribution in [0.25, 0.3) is 0 Å². The summed E-state index contributed by atoms with van der Waals surface area (Å²) in [6.07, 6.45) is 1.10. The first kappa shape index (κ1) is 28.3. The Labute approximate surface area is 203 Å². The third-order valence-corrected chi connectivity index (χ3v) is 8.14. The van der Waals surface area contributed by atoms with Gasteiger partial charge in [-0.1, -0.05) is 0 Å². The van der Waals surface area contributed by atoms with Gasteiger partial charge in [0.2, 0.25) is 10.0 Å². The number of sulfonamides is 1. The number of carboxylic acids is 1. The van der Waals surface area contributed by atoms with Gasteiger partial charge in [0.15, 0.2) is 5.13 Å². The lowest BCUT2D eigenvalue weighted by Gasteiger charge is -2.29. The van der Waals surface area contributed by atoms with Crippen LogP contribution in [0.4, 0.5) is 8.78 Å². The minimum Gasteiger partial charge on any atom is -0.481 e. The summed E-state index contributed by atoms with van der Waals surface area (Å²) in [7, 11) is -2.79. The van der Waals surface area contributed by atoms with E-state index >= 15 is 0 Å². The van der Waals surface area contributed by atoms with Crippen molar-refractivity contribution in [2.75, 3.05) is 20.1 Å². The summed E-state index contributed by atoms with van der Waals surface area (Å²) in [5.74, 6) is -1.84. The third kappa shape index (κ3) is 9.03. The van der Waals surface area contributed by atoms with Crippen molar-refractivity contribution in [3.63, 3.8) is 0 Å². The molecule has 0 fully saturated rings. The zero-order valence-electron chi connectivity index (χ0n) is 19.6. The molecule has 190 valence electrons. The monoisotopic (exact) mass is 518 g/mol. The molecule has 0 spiro atoms. The SMILES string of the molecule is CN(C[C@H](O)CNC(C)(C)CCCc1ccc(F)s1)S(=O)(=O)c1cc(F)cc(CCC(=O)O)c1. The van der Waals surface area contributed by atoms with Crippen molar-refractivity contribution in [1.29, 1.82) is 0 Å². The fraction of sp³-hybridized carbons (Fsp3) is 0.522. The number of nitrogens with one attached hydrogen (secondary N) is 1. The number of hydrogen-bond acceptors (Lipinski definition) is 6. The smallest absolute Gasteiger partial charge is 0.303 e. The highest BCUT2D eigenvalue weighted by Gasteiger charge is 2.25. The molecule has 11 heteroatoms. The summed E-state index contributed by atoms with van der Waals surface area (Å²) in [5.41, 5.74) is -0.0563. The maximum Gasteiger partial charge on any atom is 0.303 e. The van der Waals surface area contributed by atoms with Crippen LogP contribution in [0.2, 0.25) is 0 Å². The minimum absolute atomic E-state index is 0.00236. The van der Waals surface area contributed by atoms with Crippen LogP contribution in [0.5, 0.6) is 0 Å². The van der Waals surface area contributed by atoms with E-state index in [0.717, 1.165) is 51.9 Å². The van der Waals surface area contributed by atoms with Crippen molar-refractivity contribution in [1.82, 2.24) is 9.62 Å². The second-order valence-corrected chi connectivity index (χ2v) is 12.1. The van der Waals surface area contributed by atoms with Gasteiger partial charge in [-0.2, -0.15) is 8.70 Å². The molecule has 0 unspecified atom stereocenters. The zero-order valence-corrected chi connectivity index (χ0v) is 21.2. The van der Waals surface area contributed by atoms with Gasteiger partial charge in [0, 0.05) is 37.0 Å². The van der Waals surface area contributed by atoms with Crippen molar-refractivity contribution in [3.8, 4) is 0 Å². The number of aliphatic hydroxyl groups excluding tert-OH is 1. The van der Waals surface area contributed by atoms with E-state index in [4.69, 9.17) is 5.11 Å². The lowest BCUT2D eigenvalue weighted by molar-refractivity contribution is -0.136. The number of hydrogen-bond donors (Lipinski definition) is 3. The van der Waals surface area contributed by atoms with E-state index in [1.807, 2.05) is 13.8 Å². The van der Waals surface area contributed by atoms with Crippen LogP contribution in [0.1, 0.15) is 43.6 Å². The van der Waals surface area contributed by atoms with Crippen molar-refractivity contribution >= 4 is 27.3 Å². The highest BCUT2D eigenvalue weighted by Crippen LogP contribution is 2.21. The molecule has 1 aromatic carbocycles. The number of benzene rings is 1. The number of nitrogens with zero attached hydrogens (tertiary/aromatic N) is 1. The van der Waals surface area contributed by atoms with Gasteiger partial charge in [-0.25, -0.2) is 12.8 Å². The molecule has 2 rings (SSSR count). The summed E-state index contributed by atoms with van der Waals surface area (Å²) in [6, 6.07) is 6.46. The number of aliphatic hydroxyl groups is 1. The van der Waals surface area contributed by atoms with Crippen LogP contribution in [0.3, 0.4) is 0 Å². The van der Waals surface area contributed by atoms with Crippen molar-refractivity contribution in [2.45, 2.75) is 62.5 Å². The van der Waals surface area contributed by atoms with E-state index in [1.165, 1.54) is 19.2 Å². The van der Waals surface area contributed by atoms with E-state index < -0.39 is 27.9 Å². The predicted molar refractivity (Wildman–Crippen MR) is 127 cm³/mol. The molecular weight excluding hydrogens is 486 g/mol. The molecule has 0 aliphatic heterocycles. The molecule has 0 saturated heterocycles. The standard InChI is InChI=1S/C23H32F2N2O5S2/c1-23(2,10-4-5-19-7-8-21(25)33-19)26-14-18(28)15-27(3)34(31,32)20-12-16(6-9-22(29)30)11-17(24)13-20/h7-8,11-13,18,26,28H,4-6,9-10,14-15H2,1-3H3,(H,29,30)/t18-/m1/s1. The lowest BCUT2D eigenvalue weighted by Crippen LogP contribution is -2.46. The summed E-state index contributed by atoms with van der Waals surface area (Å²) < 4.78 is 53.8. The van der Waals surface area contributed by atoms with Gasteiger partial charge in [-0.3, -0.25) is 4.79 Å². The highest BCUT2D eigenvalue weighted by atomic mass is 32.2. The Bertz CT molecular complexity index is 1070. The van der Waals surface area contributed by atoms with E-state index in [1.54, 1.807) is 6.07 Å². The number of likely N-dealkylation sites (N-methyl/N-ethyl adjacent to an activating group) is 1. The Morgan fingerprint density at radius 1 is 1.21 bits per heavy atom. The normalized spacial score (nSPS) is 13.4. The summed E-state index contributed by atoms with van der Waals surface area (Å²) in [6.45, 7) is 3.88. The molecule has 7 nitrogen and oxygen atoms in total. The number of carbonyl (C=O) groups is 1. The molecule has 0 amide bonds. The second-order valence-electron chi connectivity index (χ2n) is 8.95. The van der Waals surface area contributed by atoms with Crippen LogP contribution in [-0.2, 0) is 27.7 Å². The van der Waals surface area contributed by atoms with Gasteiger partial charge < -0.3 is 15.5 Å². The number of aryl methyl sites for hydroxylation is 2. The predicted octanol–water partition coefficient (Wildman–Crippen LogP) is 3.42. The van der Waals surface area contributed by atoms with Crippen LogP contribution in [-0.4, -0.2) is 60.7 Å². The average Bonchev–Trinajstić information content (AvgIpc) is 3.15. The van der Waals surface area contributed by atoms with Gasteiger partial charge in [0.25, 0.3) is 0 Å². The molecular formula is C23H32F2N2O5S2. The molecule has 2 aromatic rings. The Balaban J connectivity index is 1.89. The Kier molecular flexibility index (Phi) is 10.1. The van der Waals surface area contributed by atoms with E-state index in [2.05, 4.69) is 5.32 Å². The molecule has 1 atom stereocenters. The van der Waals surface area contributed by atoms with Gasteiger partial charge >= 0.3 is 5.97 Å². The largest absolute Gasteiger partial charge is 0.481 e. The van der Waals surface area contributed by atoms with Gasteiger partial charge in [-0.05, 0) is 75.4 Å².